The van der Waals surface area contributed by atoms with Crippen LogP contribution in [0.2, 0.25) is 0 Å². The van der Waals surface area contributed by atoms with E-state index in [9.17, 15) is 14.0 Å². The van der Waals surface area contributed by atoms with Crippen LogP contribution in [0.15, 0.2) is 36.9 Å². The Hall–Kier alpha value is -3.53. The van der Waals surface area contributed by atoms with E-state index in [0.29, 0.717) is 27.9 Å². The molecule has 3 aromatic heterocycles. The average Bonchev–Trinajstić information content (AvgIpc) is 3.24. The molecule has 0 bridgehead atoms. The molecule has 180 valence electrons. The molecular formula is C24H29FN6O3. The summed E-state index contributed by atoms with van der Waals surface area (Å²) in [7, 11) is 0. The lowest BCUT2D eigenvalue weighted by molar-refractivity contribution is -0.124. The van der Waals surface area contributed by atoms with E-state index in [2.05, 4.69) is 20.3 Å². The Morgan fingerprint density at radius 1 is 1.29 bits per heavy atom. The highest BCUT2D eigenvalue weighted by Gasteiger charge is 2.32. The van der Waals surface area contributed by atoms with Crippen LogP contribution in [0, 0.1) is 5.82 Å². The molecule has 1 fully saturated rings. The Morgan fingerprint density at radius 3 is 2.65 bits per heavy atom. The summed E-state index contributed by atoms with van der Waals surface area (Å²) in [5.41, 5.74) is 8.39. The van der Waals surface area contributed by atoms with Gasteiger partial charge in [0.05, 0.1) is 29.2 Å². The molecular weight excluding hydrogens is 439 g/mol. The van der Waals surface area contributed by atoms with Gasteiger partial charge in [-0.05, 0) is 51.7 Å². The van der Waals surface area contributed by atoms with Crippen LogP contribution >= 0.6 is 0 Å². The standard InChI is InChI=1S/C24H29FN6O3/c1-14(2)31(17-5-3-16(4-6-17)29-22(33)13-32)23-19(24(26)34)10-28-30-12-15(9-21(23)30)18-7-8-27-11-20(18)25/h7-12,14,16-17,32H,3-6,13H2,1-2H3,(H2,26,34)(H,29,33). The number of carbonyl (C=O) groups is 2. The molecule has 1 aliphatic carbocycles. The zero-order valence-electron chi connectivity index (χ0n) is 19.2. The van der Waals surface area contributed by atoms with Gasteiger partial charge in [-0.15, -0.1) is 0 Å². The number of anilines is 1. The number of hydrogen-bond donors (Lipinski definition) is 3. The zero-order chi connectivity index (χ0) is 24.4. The number of nitrogens with two attached hydrogens (primary N) is 1. The first-order chi connectivity index (χ1) is 16.3. The summed E-state index contributed by atoms with van der Waals surface area (Å²) in [6.45, 7) is 3.57. The summed E-state index contributed by atoms with van der Waals surface area (Å²) in [6.07, 6.45) is 8.94. The molecule has 10 heteroatoms. The molecule has 4 N–H and O–H groups in total. The fraction of sp³-hybridized carbons (Fsp3) is 0.417. The maximum absolute atomic E-state index is 14.4. The van der Waals surface area contributed by atoms with Crippen molar-refractivity contribution in [1.82, 2.24) is 19.9 Å². The van der Waals surface area contributed by atoms with Crippen LogP contribution in [-0.4, -0.2) is 56.3 Å². The minimum Gasteiger partial charge on any atom is -0.387 e. The van der Waals surface area contributed by atoms with Crippen molar-refractivity contribution in [2.45, 2.75) is 57.7 Å². The van der Waals surface area contributed by atoms with Gasteiger partial charge in [0.25, 0.3) is 5.91 Å². The smallest absolute Gasteiger partial charge is 0.252 e. The molecule has 0 radical (unpaired) electrons. The van der Waals surface area contributed by atoms with Crippen LogP contribution in [0.5, 0.6) is 0 Å². The van der Waals surface area contributed by atoms with E-state index < -0.39 is 18.3 Å². The summed E-state index contributed by atoms with van der Waals surface area (Å²) >= 11 is 0. The van der Waals surface area contributed by atoms with Gasteiger partial charge in [0, 0.05) is 41.6 Å². The van der Waals surface area contributed by atoms with Crippen molar-refractivity contribution in [2.24, 2.45) is 5.73 Å². The second kappa shape index (κ2) is 9.76. The predicted molar refractivity (Wildman–Crippen MR) is 126 cm³/mol. The normalized spacial score (nSPS) is 18.3. The van der Waals surface area contributed by atoms with Crippen LogP contribution in [-0.2, 0) is 4.79 Å². The zero-order valence-corrected chi connectivity index (χ0v) is 19.2. The van der Waals surface area contributed by atoms with Gasteiger partial charge in [-0.2, -0.15) is 5.10 Å². The van der Waals surface area contributed by atoms with Gasteiger partial charge in [0.1, 0.15) is 12.4 Å². The molecule has 3 aromatic rings. The number of nitrogens with one attached hydrogen (secondary N) is 1. The highest BCUT2D eigenvalue weighted by Crippen LogP contribution is 2.36. The molecule has 0 saturated heterocycles. The van der Waals surface area contributed by atoms with E-state index in [4.69, 9.17) is 10.8 Å². The minimum absolute atomic E-state index is 0.00699. The SMILES string of the molecule is CC(C)N(c1c(C(N)=O)cnn2cc(-c3ccncc3F)cc12)C1CCC(NC(=O)CO)CC1. The van der Waals surface area contributed by atoms with Gasteiger partial charge in [0.15, 0.2) is 0 Å². The summed E-state index contributed by atoms with van der Waals surface area (Å²) in [4.78, 5) is 30.0. The predicted octanol–water partition coefficient (Wildman–Crippen LogP) is 2.27. The van der Waals surface area contributed by atoms with Gasteiger partial charge in [-0.25, -0.2) is 8.91 Å². The first-order valence-electron chi connectivity index (χ1n) is 11.4. The van der Waals surface area contributed by atoms with Crippen molar-refractivity contribution >= 4 is 23.0 Å². The van der Waals surface area contributed by atoms with Gasteiger partial charge in [-0.3, -0.25) is 14.6 Å². The lowest BCUT2D eigenvalue weighted by Gasteiger charge is -2.41. The second-order valence-electron chi connectivity index (χ2n) is 8.92. The van der Waals surface area contributed by atoms with Gasteiger partial charge in [-0.1, -0.05) is 0 Å². The van der Waals surface area contributed by atoms with Gasteiger partial charge >= 0.3 is 0 Å². The number of fused-ring (bicyclic) bond motifs is 1. The van der Waals surface area contributed by atoms with E-state index >= 15 is 0 Å². The third-order valence-electron chi connectivity index (χ3n) is 6.37. The number of pyridine rings is 1. The van der Waals surface area contributed by atoms with Crippen molar-refractivity contribution < 1.29 is 19.1 Å². The fourth-order valence-electron chi connectivity index (χ4n) is 4.89. The topological polar surface area (TPSA) is 126 Å². The summed E-state index contributed by atoms with van der Waals surface area (Å²) in [5.74, 6) is -1.41. The molecule has 0 spiro atoms. The molecule has 0 unspecified atom stereocenters. The van der Waals surface area contributed by atoms with Crippen molar-refractivity contribution in [3.05, 3.63) is 48.3 Å². The van der Waals surface area contributed by atoms with Crippen molar-refractivity contribution in [3.8, 4) is 11.1 Å². The molecule has 0 aliphatic heterocycles. The third kappa shape index (κ3) is 4.58. The van der Waals surface area contributed by atoms with E-state index in [1.54, 1.807) is 16.8 Å². The first kappa shape index (κ1) is 23.6. The number of hydrogen-bond acceptors (Lipinski definition) is 6. The molecule has 34 heavy (non-hydrogen) atoms. The number of amides is 2. The number of carbonyl (C=O) groups excluding carboxylic acids is 2. The Kier molecular flexibility index (Phi) is 6.78. The van der Waals surface area contributed by atoms with E-state index in [-0.39, 0.29) is 24.0 Å². The summed E-state index contributed by atoms with van der Waals surface area (Å²) < 4.78 is 16.1. The molecule has 2 amide bonds. The number of rotatable bonds is 7. The number of aliphatic hydroxyl groups is 1. The second-order valence-corrected chi connectivity index (χ2v) is 8.92. The van der Waals surface area contributed by atoms with E-state index in [1.807, 2.05) is 19.9 Å². The maximum atomic E-state index is 14.4. The number of primary amides is 1. The fourth-order valence-corrected chi connectivity index (χ4v) is 4.89. The summed E-state index contributed by atoms with van der Waals surface area (Å²) in [5, 5.41) is 16.2. The Bertz CT molecular complexity index is 1200. The van der Waals surface area contributed by atoms with Crippen molar-refractivity contribution in [1.29, 1.82) is 0 Å². The minimum atomic E-state index is -0.586. The van der Waals surface area contributed by atoms with E-state index in [0.717, 1.165) is 31.9 Å². The monoisotopic (exact) mass is 468 g/mol. The molecule has 0 atom stereocenters. The largest absolute Gasteiger partial charge is 0.387 e. The number of aromatic nitrogens is 3. The quantitative estimate of drug-likeness (QED) is 0.488. The van der Waals surface area contributed by atoms with Crippen LogP contribution in [0.1, 0.15) is 49.9 Å². The van der Waals surface area contributed by atoms with Crippen molar-refractivity contribution in [2.75, 3.05) is 11.5 Å². The first-order valence-corrected chi connectivity index (χ1v) is 11.4. The number of halogens is 1. The van der Waals surface area contributed by atoms with Crippen LogP contribution in [0.4, 0.5) is 10.1 Å². The molecule has 4 rings (SSSR count). The lowest BCUT2D eigenvalue weighted by atomic mass is 9.88. The average molecular weight is 469 g/mol. The molecule has 9 nitrogen and oxygen atoms in total. The van der Waals surface area contributed by atoms with Crippen LogP contribution in [0.25, 0.3) is 16.6 Å². The number of aliphatic hydroxyl groups excluding tert-OH is 1. The maximum Gasteiger partial charge on any atom is 0.252 e. The molecule has 1 saturated carbocycles. The van der Waals surface area contributed by atoms with Gasteiger partial charge in [0.2, 0.25) is 5.91 Å². The Balaban J connectivity index is 1.75. The highest BCUT2D eigenvalue weighted by molar-refractivity contribution is 6.02. The van der Waals surface area contributed by atoms with Gasteiger partial charge < -0.3 is 21.1 Å². The summed E-state index contributed by atoms with van der Waals surface area (Å²) in [6, 6.07) is 3.56. The third-order valence-corrected chi connectivity index (χ3v) is 6.37. The number of nitrogens with zero attached hydrogens (tertiary/aromatic N) is 4. The van der Waals surface area contributed by atoms with Crippen LogP contribution < -0.4 is 16.0 Å². The Morgan fingerprint density at radius 2 is 2.03 bits per heavy atom. The molecule has 0 aromatic carbocycles. The molecule has 3 heterocycles. The highest BCUT2D eigenvalue weighted by atomic mass is 19.1. The Labute approximate surface area is 196 Å². The van der Waals surface area contributed by atoms with Crippen molar-refractivity contribution in [3.63, 3.8) is 0 Å². The van der Waals surface area contributed by atoms with Crippen LogP contribution in [0.3, 0.4) is 0 Å². The lowest BCUT2D eigenvalue weighted by Crippen LogP contribution is -2.47. The molecule has 1 aliphatic rings. The van der Waals surface area contributed by atoms with E-state index in [1.165, 1.54) is 12.4 Å².